The van der Waals surface area contributed by atoms with E-state index in [0.29, 0.717) is 6.42 Å². The van der Waals surface area contributed by atoms with Crippen LogP contribution in [0.3, 0.4) is 0 Å². The Morgan fingerprint density at radius 2 is 1.76 bits per heavy atom. The van der Waals surface area contributed by atoms with Crippen LogP contribution < -0.4 is 10.1 Å². The van der Waals surface area contributed by atoms with Crippen LogP contribution in [0.15, 0.2) is 18.2 Å². The molecule has 140 valence electrons. The number of halogens is 2. The van der Waals surface area contributed by atoms with Gasteiger partial charge in [0.05, 0.1) is 0 Å². The Morgan fingerprint density at radius 1 is 1.16 bits per heavy atom. The molecule has 1 N–H and O–H groups in total. The van der Waals surface area contributed by atoms with Crippen molar-refractivity contribution in [2.24, 2.45) is 0 Å². The van der Waals surface area contributed by atoms with Crippen molar-refractivity contribution < 1.29 is 27.8 Å². The fourth-order valence-corrected chi connectivity index (χ4v) is 1.98. The molecule has 0 aliphatic rings. The van der Waals surface area contributed by atoms with Crippen LogP contribution in [0.1, 0.15) is 47.0 Å². The average Bonchev–Trinajstić information content (AvgIpc) is 2.46. The molecule has 1 amide bonds. The summed E-state index contributed by atoms with van der Waals surface area (Å²) in [7, 11) is 0. The quantitative estimate of drug-likeness (QED) is 0.764. The number of unbranched alkanes of at least 4 members (excludes halogenated alkanes) is 1. The largest absolute Gasteiger partial charge is 0.491 e. The lowest BCUT2D eigenvalue weighted by Gasteiger charge is -2.23. The van der Waals surface area contributed by atoms with Crippen molar-refractivity contribution >= 4 is 11.9 Å². The zero-order valence-electron chi connectivity index (χ0n) is 15.0. The van der Waals surface area contributed by atoms with Crippen LogP contribution in [-0.4, -0.2) is 30.1 Å². The van der Waals surface area contributed by atoms with E-state index in [4.69, 9.17) is 9.47 Å². The summed E-state index contributed by atoms with van der Waals surface area (Å²) >= 11 is 0. The van der Waals surface area contributed by atoms with Crippen molar-refractivity contribution in [3.63, 3.8) is 0 Å². The Bertz CT molecular complexity index is 579. The molecule has 5 nitrogen and oxygen atoms in total. The third-order valence-corrected chi connectivity index (χ3v) is 3.11. The number of carbonyl (C=O) groups is 2. The highest BCUT2D eigenvalue weighted by atomic mass is 19.1. The lowest BCUT2D eigenvalue weighted by atomic mass is 10.1. The van der Waals surface area contributed by atoms with Gasteiger partial charge < -0.3 is 14.8 Å². The first-order valence-electron chi connectivity index (χ1n) is 8.22. The minimum atomic E-state index is -0.965. The van der Waals surface area contributed by atoms with Crippen molar-refractivity contribution in [3.8, 4) is 5.75 Å². The second kappa shape index (κ2) is 9.34. The highest BCUT2D eigenvalue weighted by Crippen LogP contribution is 2.16. The summed E-state index contributed by atoms with van der Waals surface area (Å²) in [5, 5.41) is 2.46. The molecular weight excluding hydrogens is 332 g/mol. The number of nitrogens with one attached hydrogen (secondary N) is 1. The predicted molar refractivity (Wildman–Crippen MR) is 89.5 cm³/mol. The number of rotatable bonds is 8. The number of hydrogen-bond acceptors (Lipinski definition) is 4. The Hall–Kier alpha value is -2.18. The molecule has 0 saturated carbocycles. The zero-order chi connectivity index (χ0) is 19.0. The van der Waals surface area contributed by atoms with E-state index >= 15 is 0 Å². The van der Waals surface area contributed by atoms with Gasteiger partial charge >= 0.3 is 6.09 Å². The average molecular weight is 357 g/mol. The first-order chi connectivity index (χ1) is 11.6. The van der Waals surface area contributed by atoms with E-state index in [1.54, 1.807) is 20.8 Å². The van der Waals surface area contributed by atoms with E-state index in [-0.39, 0.29) is 24.6 Å². The summed E-state index contributed by atoms with van der Waals surface area (Å²) in [6.45, 7) is 6.80. The lowest BCUT2D eigenvalue weighted by molar-refractivity contribution is -0.121. The Balaban J connectivity index is 2.76. The monoisotopic (exact) mass is 357 g/mol. The summed E-state index contributed by atoms with van der Waals surface area (Å²) in [5.41, 5.74) is -0.715. The van der Waals surface area contributed by atoms with E-state index in [0.717, 1.165) is 24.6 Å². The van der Waals surface area contributed by atoms with Gasteiger partial charge in [-0.1, -0.05) is 13.3 Å². The number of benzene rings is 1. The van der Waals surface area contributed by atoms with Crippen molar-refractivity contribution in [2.45, 2.75) is 58.6 Å². The molecule has 0 saturated heterocycles. The van der Waals surface area contributed by atoms with E-state index in [9.17, 15) is 18.4 Å². The summed E-state index contributed by atoms with van der Waals surface area (Å²) in [6, 6.07) is 1.76. The molecule has 0 spiro atoms. The highest BCUT2D eigenvalue weighted by molar-refractivity contribution is 5.87. The van der Waals surface area contributed by atoms with E-state index in [1.807, 2.05) is 6.92 Å². The highest BCUT2D eigenvalue weighted by Gasteiger charge is 2.24. The summed E-state index contributed by atoms with van der Waals surface area (Å²) in [4.78, 5) is 24.2. The van der Waals surface area contributed by atoms with Crippen molar-refractivity contribution in [2.75, 3.05) is 6.61 Å². The molecule has 1 unspecified atom stereocenters. The van der Waals surface area contributed by atoms with Crippen LogP contribution in [0.25, 0.3) is 0 Å². The topological polar surface area (TPSA) is 64.6 Å². The summed E-state index contributed by atoms with van der Waals surface area (Å²) < 4.78 is 36.8. The van der Waals surface area contributed by atoms with Gasteiger partial charge in [-0.15, -0.1) is 0 Å². The van der Waals surface area contributed by atoms with Crippen LogP contribution in [0.4, 0.5) is 13.6 Å². The van der Waals surface area contributed by atoms with Crippen molar-refractivity contribution in [1.29, 1.82) is 0 Å². The molecule has 25 heavy (non-hydrogen) atoms. The van der Waals surface area contributed by atoms with Gasteiger partial charge in [-0.25, -0.2) is 13.6 Å². The van der Waals surface area contributed by atoms with E-state index < -0.39 is 29.4 Å². The molecule has 1 aromatic carbocycles. The summed E-state index contributed by atoms with van der Waals surface area (Å²) in [5.74, 6) is -1.87. The van der Waals surface area contributed by atoms with Gasteiger partial charge in [0, 0.05) is 24.6 Å². The van der Waals surface area contributed by atoms with Gasteiger partial charge in [-0.05, 0) is 27.2 Å². The van der Waals surface area contributed by atoms with Gasteiger partial charge in [-0.2, -0.15) is 0 Å². The molecule has 1 aromatic rings. The molecule has 0 aliphatic heterocycles. The van der Waals surface area contributed by atoms with E-state index in [2.05, 4.69) is 5.32 Å². The first-order valence-corrected chi connectivity index (χ1v) is 8.22. The molecule has 0 heterocycles. The summed E-state index contributed by atoms with van der Waals surface area (Å²) in [6.07, 6.45) is 0.995. The van der Waals surface area contributed by atoms with Crippen LogP contribution >= 0.6 is 0 Å². The predicted octanol–water partition coefficient (Wildman–Crippen LogP) is 4.00. The van der Waals surface area contributed by atoms with Crippen LogP contribution in [0.5, 0.6) is 5.75 Å². The third kappa shape index (κ3) is 8.47. The van der Waals surface area contributed by atoms with Gasteiger partial charge in [0.25, 0.3) is 0 Å². The molecule has 0 bridgehead atoms. The fraction of sp³-hybridized carbons (Fsp3) is 0.556. The standard InChI is InChI=1S/C18H25F2NO4/c1-5-6-7-16(22)15(21-17(23)25-18(2,3)4)11-24-14-9-12(19)8-13(20)10-14/h8-10,15H,5-7,11H2,1-4H3,(H,21,23). The molecule has 0 aliphatic carbocycles. The molecule has 1 rings (SSSR count). The number of alkyl carbamates (subject to hydrolysis) is 1. The molecule has 7 heteroatoms. The second-order valence-electron chi connectivity index (χ2n) is 6.68. The number of ketones is 1. The molecule has 0 fully saturated rings. The van der Waals surface area contributed by atoms with Crippen molar-refractivity contribution in [3.05, 3.63) is 29.8 Å². The van der Waals surface area contributed by atoms with Crippen LogP contribution in [-0.2, 0) is 9.53 Å². The normalized spacial score (nSPS) is 12.4. The second-order valence-corrected chi connectivity index (χ2v) is 6.68. The van der Waals surface area contributed by atoms with Gasteiger partial charge in [-0.3, -0.25) is 4.79 Å². The third-order valence-electron chi connectivity index (χ3n) is 3.11. The molecule has 1 atom stereocenters. The smallest absolute Gasteiger partial charge is 0.408 e. The zero-order valence-corrected chi connectivity index (χ0v) is 15.0. The Labute approximate surface area is 146 Å². The Kier molecular flexibility index (Phi) is 7.80. The van der Waals surface area contributed by atoms with Crippen LogP contribution in [0, 0.1) is 11.6 Å². The van der Waals surface area contributed by atoms with Crippen LogP contribution in [0.2, 0.25) is 0 Å². The number of ether oxygens (including phenoxy) is 2. The van der Waals surface area contributed by atoms with Gasteiger partial charge in [0.1, 0.15) is 35.6 Å². The maximum atomic E-state index is 13.2. The van der Waals surface area contributed by atoms with Crippen molar-refractivity contribution in [1.82, 2.24) is 5.32 Å². The minimum absolute atomic E-state index is 0.0585. The Morgan fingerprint density at radius 3 is 2.28 bits per heavy atom. The van der Waals surface area contributed by atoms with Gasteiger partial charge in [0.15, 0.2) is 5.78 Å². The molecular formula is C18H25F2NO4. The SMILES string of the molecule is CCCCC(=O)C(COc1cc(F)cc(F)c1)NC(=O)OC(C)(C)C. The lowest BCUT2D eigenvalue weighted by Crippen LogP contribution is -2.46. The number of Topliss-reactive ketones (excluding diaryl/α,β-unsaturated/α-hetero) is 1. The maximum Gasteiger partial charge on any atom is 0.408 e. The molecule has 0 aromatic heterocycles. The molecule has 0 radical (unpaired) electrons. The minimum Gasteiger partial charge on any atom is -0.491 e. The van der Waals surface area contributed by atoms with Gasteiger partial charge in [0.2, 0.25) is 0 Å². The number of hydrogen-bond donors (Lipinski definition) is 1. The first kappa shape index (κ1) is 20.9. The maximum absolute atomic E-state index is 13.2. The number of amides is 1. The van der Waals surface area contributed by atoms with E-state index in [1.165, 1.54) is 0 Å². The number of carbonyl (C=O) groups excluding carboxylic acids is 2. The fourth-order valence-electron chi connectivity index (χ4n) is 1.98.